The average Bonchev–Trinajstić information content (AvgIpc) is 3.63. The summed E-state index contributed by atoms with van der Waals surface area (Å²) in [6.07, 6.45) is 49.7. The van der Waals surface area contributed by atoms with Gasteiger partial charge in [-0.2, -0.15) is 0 Å². The fourth-order valence-corrected chi connectivity index (χ4v) is 37.2. The molecule has 0 aliphatic heterocycles. The van der Waals surface area contributed by atoms with Crippen molar-refractivity contribution in [2.45, 2.75) is 231 Å². The van der Waals surface area contributed by atoms with Gasteiger partial charge in [0.2, 0.25) is 4.90 Å². The molecule has 7 aliphatic carbocycles. The van der Waals surface area contributed by atoms with E-state index in [0.717, 1.165) is 34.0 Å². The summed E-state index contributed by atoms with van der Waals surface area (Å²) in [4.78, 5) is 0.333. The Morgan fingerprint density at radius 1 is 0.393 bits per heavy atom. The van der Waals surface area contributed by atoms with Crippen molar-refractivity contribution in [3.8, 4) is 0 Å². The molecular weight excluding hydrogens is 846 g/mol. The summed E-state index contributed by atoms with van der Waals surface area (Å²) in [5, 5.41) is 0. The fraction of sp³-hybridized carbons (Fsp3) is 0.725. The van der Waals surface area contributed by atoms with E-state index < -0.39 is 14.5 Å². The molecule has 2 aromatic rings. The summed E-state index contributed by atoms with van der Waals surface area (Å²) in [6, 6.07) is 22.7. The molecule has 0 nitrogen and oxygen atoms in total. The summed E-state index contributed by atoms with van der Waals surface area (Å²) >= 11 is -0.346. The molecule has 0 unspecified atom stereocenters. The third kappa shape index (κ3) is 7.82. The van der Waals surface area contributed by atoms with E-state index in [1.54, 1.807) is 93.7 Å². The van der Waals surface area contributed by atoms with Crippen molar-refractivity contribution < 1.29 is 15.1 Å². The van der Waals surface area contributed by atoms with Gasteiger partial charge in [-0.05, 0) is 177 Å². The first-order valence-electron chi connectivity index (χ1n) is 24.2. The van der Waals surface area contributed by atoms with Gasteiger partial charge in [0.25, 0.3) is 0 Å². The number of fused-ring (bicyclic) bond motifs is 1. The number of allylic oxidation sites excluding steroid dienone is 1. The van der Waals surface area contributed by atoms with Crippen LogP contribution in [0, 0.1) is 0 Å². The fourth-order valence-electron chi connectivity index (χ4n) is 15.7. The van der Waals surface area contributed by atoms with Gasteiger partial charge in [-0.15, -0.1) is 0 Å². The van der Waals surface area contributed by atoms with Crippen molar-refractivity contribution in [3.05, 3.63) is 77.4 Å². The summed E-state index contributed by atoms with van der Waals surface area (Å²) < 4.78 is 0. The van der Waals surface area contributed by atoms with Crippen LogP contribution < -0.4 is 0 Å². The van der Waals surface area contributed by atoms with Crippen molar-refractivity contribution in [2.24, 2.45) is 0 Å². The maximum atomic E-state index is 4.85. The average molecular weight is 923 g/mol. The Morgan fingerprint density at radius 3 is 1.00 bits per heavy atom. The zero-order chi connectivity index (χ0) is 38.3. The van der Waals surface area contributed by atoms with Gasteiger partial charge in [0, 0.05) is 11.6 Å². The molecule has 0 atom stereocenters. The van der Waals surface area contributed by atoms with Crippen LogP contribution in [0.15, 0.2) is 60.7 Å². The van der Waals surface area contributed by atoms with Crippen LogP contribution in [0.4, 0.5) is 0 Å². The first-order chi connectivity index (χ1) is 27.7. The molecule has 0 saturated heterocycles. The molecule has 56 heavy (non-hydrogen) atoms. The van der Waals surface area contributed by atoms with E-state index in [1.807, 2.05) is 5.56 Å². The van der Waals surface area contributed by atoms with Crippen molar-refractivity contribution in [1.29, 1.82) is 0 Å². The van der Waals surface area contributed by atoms with E-state index in [1.165, 1.54) is 116 Å². The first kappa shape index (κ1) is 42.9. The van der Waals surface area contributed by atoms with Gasteiger partial charge in [0.1, 0.15) is 0 Å². The van der Waals surface area contributed by atoms with Crippen molar-refractivity contribution in [2.75, 3.05) is 0 Å². The van der Waals surface area contributed by atoms with Crippen LogP contribution in [0.3, 0.4) is 0 Å². The monoisotopic (exact) mass is 922 g/mol. The first-order valence-corrected chi connectivity index (χ1v) is 32.7. The second-order valence-electron chi connectivity index (χ2n) is 19.7. The van der Waals surface area contributed by atoms with Crippen LogP contribution in [0.5, 0.6) is 0 Å². The molecular formula is C51H76Cl2P2Ru+2. The van der Waals surface area contributed by atoms with Crippen LogP contribution in [-0.4, -0.2) is 34.0 Å². The van der Waals surface area contributed by atoms with E-state index in [0.29, 0.717) is 4.90 Å². The third-order valence-electron chi connectivity index (χ3n) is 17.3. The molecule has 2 aromatic carbocycles. The SMILES string of the molecule is C1=C(c2ccccc2)c2ccccc2C1([P+](C1CCCCC1)(C1CCCCC1)C1CCCCC1)[P+](C1CCCCC1)(C1CCCCC1)C1CCCCC1.[Cl][Ru][Cl]. The van der Waals surface area contributed by atoms with Crippen LogP contribution in [0.25, 0.3) is 5.57 Å². The third-order valence-corrected chi connectivity index (χ3v) is 32.8. The predicted octanol–water partition coefficient (Wildman–Crippen LogP) is 17.7. The number of hydrogen-bond acceptors (Lipinski definition) is 0. The Hall–Kier alpha value is 0.243. The van der Waals surface area contributed by atoms with E-state index in [2.05, 4.69) is 60.7 Å². The topological polar surface area (TPSA) is 0 Å². The Kier molecular flexibility index (Phi) is 15.6. The number of halogens is 2. The zero-order valence-corrected chi connectivity index (χ0v) is 40.0. The van der Waals surface area contributed by atoms with E-state index in [4.69, 9.17) is 19.4 Å². The zero-order valence-electron chi connectivity index (χ0n) is 35.0. The second-order valence-corrected chi connectivity index (χ2v) is 31.8. The molecule has 0 amide bonds. The van der Waals surface area contributed by atoms with Gasteiger partial charge in [0.05, 0.1) is 48.5 Å². The summed E-state index contributed by atoms with van der Waals surface area (Å²) in [5.74, 6) is 0. The Bertz CT molecular complexity index is 1370. The Morgan fingerprint density at radius 2 is 0.679 bits per heavy atom. The number of hydrogen-bond donors (Lipinski definition) is 0. The van der Waals surface area contributed by atoms with Crippen LogP contribution >= 0.6 is 33.9 Å². The van der Waals surface area contributed by atoms with Crippen molar-refractivity contribution >= 4 is 39.5 Å². The van der Waals surface area contributed by atoms with Gasteiger partial charge in [-0.25, -0.2) is 0 Å². The summed E-state index contributed by atoms with van der Waals surface area (Å²) in [5.41, 5.74) is 13.0. The molecule has 5 heteroatoms. The predicted molar refractivity (Wildman–Crippen MR) is 248 cm³/mol. The second kappa shape index (κ2) is 20.4. The van der Waals surface area contributed by atoms with E-state index in [9.17, 15) is 0 Å². The molecule has 7 aliphatic rings. The molecule has 0 spiro atoms. The van der Waals surface area contributed by atoms with Crippen molar-refractivity contribution in [3.63, 3.8) is 0 Å². The minimum atomic E-state index is -1.64. The quantitative estimate of drug-likeness (QED) is 0.174. The molecule has 6 fully saturated rings. The maximum absolute atomic E-state index is 4.85. The standard InChI is InChI=1S/C51H76P2.2ClH.Ru/c1-8-24-41(25-9-1)49-40-51(50-39-23-22-38-48(49)50,52(42-26-10-2-11-27-42,43-28-12-3-13-29-43)44-30-14-4-15-31-44)53(45-32-16-5-17-33-45,46-34-18-6-19-35-46)47-36-20-7-21-37-47;;;/h1,8-9,22-25,38-40,42-47H,2-7,10-21,26-37H2;2*1H;/q+2;;;+2/p-2. The minimum absolute atomic E-state index is 0.333. The number of rotatable bonds is 9. The Balaban J connectivity index is 0.00000143. The van der Waals surface area contributed by atoms with Gasteiger partial charge in [-0.3, -0.25) is 0 Å². The molecule has 310 valence electrons. The van der Waals surface area contributed by atoms with Gasteiger partial charge < -0.3 is 0 Å². The van der Waals surface area contributed by atoms with Gasteiger partial charge in [0.15, 0.2) is 0 Å². The number of benzene rings is 2. The molecule has 9 rings (SSSR count). The Labute approximate surface area is 361 Å². The van der Waals surface area contributed by atoms with Gasteiger partial charge >= 0.3 is 34.5 Å². The van der Waals surface area contributed by atoms with E-state index in [-0.39, 0.29) is 15.1 Å². The molecule has 0 aromatic heterocycles. The summed E-state index contributed by atoms with van der Waals surface area (Å²) in [6.45, 7) is 0. The van der Waals surface area contributed by atoms with Gasteiger partial charge in [-0.1, -0.05) is 87.1 Å². The molecule has 6 saturated carbocycles. The van der Waals surface area contributed by atoms with Crippen molar-refractivity contribution in [1.82, 2.24) is 0 Å². The molecule has 0 heterocycles. The summed E-state index contributed by atoms with van der Waals surface area (Å²) in [7, 11) is 6.43. The van der Waals surface area contributed by atoms with E-state index >= 15 is 0 Å². The normalized spacial score (nSPS) is 25.6. The molecule has 0 bridgehead atoms. The van der Waals surface area contributed by atoms with Crippen LogP contribution in [0.2, 0.25) is 0 Å². The molecule has 0 N–H and O–H groups in total. The molecule has 0 radical (unpaired) electrons. The van der Waals surface area contributed by atoms with Crippen LogP contribution in [-0.2, 0) is 20.0 Å². The van der Waals surface area contributed by atoms with Crippen LogP contribution in [0.1, 0.15) is 209 Å².